The molecule has 1 aliphatic heterocycles. The molecule has 1 heterocycles. The first-order valence-electron chi connectivity index (χ1n) is 6.24. The second-order valence-corrected chi connectivity index (χ2v) is 6.63. The first-order chi connectivity index (χ1) is 8.08. The van der Waals surface area contributed by atoms with Crippen molar-refractivity contribution in [2.45, 2.75) is 36.5 Å². The van der Waals surface area contributed by atoms with Gasteiger partial charge in [0, 0.05) is 24.4 Å². The monoisotopic (exact) mass is 258 g/mol. The average Bonchev–Trinajstić information content (AvgIpc) is 2.23. The molecule has 0 aromatic carbocycles. The largest absolute Gasteiger partial charge is 0.363 e. The van der Waals surface area contributed by atoms with E-state index in [1.165, 1.54) is 19.3 Å². The minimum atomic E-state index is -0.134. The number of thioether (sulfide) groups is 1. The third-order valence-electron chi connectivity index (χ3n) is 3.86. The number of carbonyl (C=O) groups is 1. The van der Waals surface area contributed by atoms with E-state index in [-0.39, 0.29) is 18.1 Å². The number of hydrogen-bond acceptors (Lipinski definition) is 4. The summed E-state index contributed by atoms with van der Waals surface area (Å²) in [5, 5.41) is 6.14. The predicted octanol–water partition coefficient (Wildman–Crippen LogP) is 0.767. The molecule has 1 saturated carbocycles. The highest BCUT2D eigenvalue weighted by Crippen LogP contribution is 2.42. The molecule has 0 unspecified atom stereocenters. The molecule has 0 aromatic heterocycles. The predicted molar refractivity (Wildman–Crippen MR) is 70.3 cm³/mol. The van der Waals surface area contributed by atoms with E-state index in [4.69, 9.17) is 4.74 Å². The van der Waals surface area contributed by atoms with Crippen LogP contribution in [0.15, 0.2) is 0 Å². The van der Waals surface area contributed by atoms with E-state index in [1.807, 2.05) is 18.7 Å². The molecule has 0 atom stereocenters. The van der Waals surface area contributed by atoms with E-state index >= 15 is 0 Å². The minimum absolute atomic E-state index is 0.0125. The van der Waals surface area contributed by atoms with Gasteiger partial charge < -0.3 is 15.4 Å². The number of nitrogens with one attached hydrogen (secondary N) is 2. The van der Waals surface area contributed by atoms with Crippen LogP contribution in [-0.4, -0.2) is 48.8 Å². The molecule has 4 nitrogen and oxygen atoms in total. The molecule has 0 spiro atoms. The maximum absolute atomic E-state index is 11.7. The van der Waals surface area contributed by atoms with E-state index < -0.39 is 0 Å². The van der Waals surface area contributed by atoms with Gasteiger partial charge in [0.2, 0.25) is 5.91 Å². The minimum Gasteiger partial charge on any atom is -0.363 e. The van der Waals surface area contributed by atoms with Crippen LogP contribution in [-0.2, 0) is 9.53 Å². The summed E-state index contributed by atoms with van der Waals surface area (Å²) in [6.07, 6.45) is 5.85. The number of hydrogen-bond donors (Lipinski definition) is 2. The summed E-state index contributed by atoms with van der Waals surface area (Å²) < 4.78 is 5.90. The molecule has 2 rings (SSSR count). The van der Waals surface area contributed by atoms with Gasteiger partial charge in [0.25, 0.3) is 0 Å². The fourth-order valence-electron chi connectivity index (χ4n) is 2.15. The van der Waals surface area contributed by atoms with E-state index in [1.54, 1.807) is 0 Å². The van der Waals surface area contributed by atoms with Gasteiger partial charge in [-0.25, -0.2) is 0 Å². The Kier molecular flexibility index (Phi) is 4.00. The number of rotatable bonds is 6. The van der Waals surface area contributed by atoms with Crippen molar-refractivity contribution in [3.63, 3.8) is 0 Å². The Balaban J connectivity index is 1.63. The Morgan fingerprint density at radius 3 is 2.59 bits per heavy atom. The second-order valence-electron chi connectivity index (χ2n) is 5.36. The molecule has 2 aliphatic rings. The van der Waals surface area contributed by atoms with Crippen molar-refractivity contribution < 1.29 is 9.53 Å². The first-order valence-corrected chi connectivity index (χ1v) is 7.47. The first kappa shape index (κ1) is 13.2. The highest BCUT2D eigenvalue weighted by atomic mass is 32.2. The van der Waals surface area contributed by atoms with Crippen molar-refractivity contribution in [2.75, 3.05) is 32.5 Å². The fraction of sp³-hybridized carbons (Fsp3) is 0.917. The van der Waals surface area contributed by atoms with Gasteiger partial charge in [0.15, 0.2) is 0 Å². The van der Waals surface area contributed by atoms with Crippen LogP contribution in [0.25, 0.3) is 0 Å². The Hall–Kier alpha value is -0.260. The van der Waals surface area contributed by atoms with E-state index in [9.17, 15) is 4.79 Å². The molecule has 0 bridgehead atoms. The Labute approximate surface area is 107 Å². The van der Waals surface area contributed by atoms with Crippen molar-refractivity contribution in [3.05, 3.63) is 0 Å². The lowest BCUT2D eigenvalue weighted by Crippen LogP contribution is -2.59. The highest BCUT2D eigenvalue weighted by Gasteiger charge is 2.37. The highest BCUT2D eigenvalue weighted by molar-refractivity contribution is 8.00. The molecule has 2 N–H and O–H groups in total. The van der Waals surface area contributed by atoms with Crippen LogP contribution < -0.4 is 10.6 Å². The molecule has 1 amide bonds. The quantitative estimate of drug-likeness (QED) is 0.739. The van der Waals surface area contributed by atoms with E-state index in [0.29, 0.717) is 4.75 Å². The maximum atomic E-state index is 11.7. The average molecular weight is 258 g/mol. The molecule has 5 heteroatoms. The Bertz CT molecular complexity index is 283. The van der Waals surface area contributed by atoms with Crippen molar-refractivity contribution >= 4 is 17.7 Å². The molecule has 2 fully saturated rings. The summed E-state index contributed by atoms with van der Waals surface area (Å²) in [6.45, 7) is 4.68. The van der Waals surface area contributed by atoms with Crippen LogP contribution in [0, 0.1) is 0 Å². The smallest absolute Gasteiger partial charge is 0.246 e. The fourth-order valence-corrected chi connectivity index (χ4v) is 3.07. The Morgan fingerprint density at radius 1 is 1.47 bits per heavy atom. The van der Waals surface area contributed by atoms with Gasteiger partial charge in [0.05, 0.1) is 5.60 Å². The van der Waals surface area contributed by atoms with Gasteiger partial charge in [-0.3, -0.25) is 4.79 Å². The second kappa shape index (κ2) is 5.16. The standard InChI is InChI=1S/C12H22N2O2S/c1-11(7-13-8-11)16-6-10(15)14-9-12(17-2)4-3-5-12/h13H,3-9H2,1-2H3,(H,14,15). The Morgan fingerprint density at radius 2 is 2.18 bits per heavy atom. The van der Waals surface area contributed by atoms with Crippen LogP contribution in [0.4, 0.5) is 0 Å². The van der Waals surface area contributed by atoms with E-state index in [0.717, 1.165) is 19.6 Å². The lowest BCUT2D eigenvalue weighted by molar-refractivity contribution is -0.136. The van der Waals surface area contributed by atoms with E-state index in [2.05, 4.69) is 16.9 Å². The molecule has 17 heavy (non-hydrogen) atoms. The molecular formula is C12H22N2O2S. The summed E-state index contributed by atoms with van der Waals surface area (Å²) in [5.41, 5.74) is -0.134. The van der Waals surface area contributed by atoms with Crippen LogP contribution >= 0.6 is 11.8 Å². The van der Waals surface area contributed by atoms with Crippen LogP contribution in [0.3, 0.4) is 0 Å². The molecule has 98 valence electrons. The van der Waals surface area contributed by atoms with Crippen molar-refractivity contribution in [1.82, 2.24) is 10.6 Å². The molecule has 1 aliphatic carbocycles. The third kappa shape index (κ3) is 3.14. The number of amides is 1. The zero-order valence-electron chi connectivity index (χ0n) is 10.7. The lowest BCUT2D eigenvalue weighted by atomic mass is 9.84. The van der Waals surface area contributed by atoms with Crippen molar-refractivity contribution in [2.24, 2.45) is 0 Å². The summed E-state index contributed by atoms with van der Waals surface area (Å²) in [6, 6.07) is 0. The van der Waals surface area contributed by atoms with Gasteiger partial charge in [-0.15, -0.1) is 0 Å². The van der Waals surface area contributed by atoms with Gasteiger partial charge in [-0.1, -0.05) is 6.42 Å². The summed E-state index contributed by atoms with van der Waals surface area (Å²) in [5.74, 6) is 0.0125. The molecule has 0 radical (unpaired) electrons. The van der Waals surface area contributed by atoms with Crippen molar-refractivity contribution in [3.8, 4) is 0 Å². The summed E-state index contributed by atoms with van der Waals surface area (Å²) in [4.78, 5) is 11.7. The van der Waals surface area contributed by atoms with Crippen LogP contribution in [0.1, 0.15) is 26.2 Å². The van der Waals surface area contributed by atoms with Crippen LogP contribution in [0.5, 0.6) is 0 Å². The number of ether oxygens (including phenoxy) is 1. The third-order valence-corrected chi connectivity index (χ3v) is 5.27. The van der Waals surface area contributed by atoms with Crippen LogP contribution in [0.2, 0.25) is 0 Å². The topological polar surface area (TPSA) is 50.4 Å². The normalized spacial score (nSPS) is 24.6. The van der Waals surface area contributed by atoms with Crippen molar-refractivity contribution in [1.29, 1.82) is 0 Å². The molecule has 0 aromatic rings. The molecule has 1 saturated heterocycles. The summed E-state index contributed by atoms with van der Waals surface area (Å²) >= 11 is 1.87. The maximum Gasteiger partial charge on any atom is 0.246 e. The zero-order chi connectivity index (χ0) is 12.4. The van der Waals surface area contributed by atoms with Gasteiger partial charge in [0.1, 0.15) is 6.61 Å². The molecular weight excluding hydrogens is 236 g/mol. The summed E-state index contributed by atoms with van der Waals surface area (Å²) in [7, 11) is 0. The SMILES string of the molecule is CSC1(CNC(=O)COC2(C)CNC2)CCC1. The lowest BCUT2D eigenvalue weighted by Gasteiger charge is -2.41. The number of carbonyl (C=O) groups excluding carboxylic acids is 1. The zero-order valence-corrected chi connectivity index (χ0v) is 11.5. The van der Waals surface area contributed by atoms with Gasteiger partial charge in [-0.2, -0.15) is 11.8 Å². The van der Waals surface area contributed by atoms with Gasteiger partial charge >= 0.3 is 0 Å². The van der Waals surface area contributed by atoms with Gasteiger partial charge in [-0.05, 0) is 26.0 Å².